The summed E-state index contributed by atoms with van der Waals surface area (Å²) in [5.74, 6) is -1.16. The molecule has 1 N–H and O–H groups in total. The van der Waals surface area contributed by atoms with Crippen molar-refractivity contribution in [1.29, 1.82) is 0 Å². The zero-order chi connectivity index (χ0) is 16.9. The van der Waals surface area contributed by atoms with Crippen molar-refractivity contribution in [3.05, 3.63) is 66.0 Å². The molecule has 1 atom stereocenters. The average molecular weight is 325 g/mol. The molecule has 0 aromatic heterocycles. The molecule has 1 aliphatic heterocycles. The van der Waals surface area contributed by atoms with E-state index in [0.29, 0.717) is 12.1 Å². The molecule has 6 heteroatoms. The number of para-hydroxylation sites is 1. The van der Waals surface area contributed by atoms with Crippen molar-refractivity contribution in [3.8, 4) is 0 Å². The van der Waals surface area contributed by atoms with Gasteiger partial charge in [0.05, 0.1) is 12.1 Å². The van der Waals surface area contributed by atoms with Crippen LogP contribution >= 0.6 is 0 Å². The van der Waals surface area contributed by atoms with Crippen molar-refractivity contribution >= 4 is 23.7 Å². The Labute approximate surface area is 138 Å². The van der Waals surface area contributed by atoms with E-state index in [-0.39, 0.29) is 24.1 Å². The van der Waals surface area contributed by atoms with Gasteiger partial charge in [0, 0.05) is 18.7 Å². The van der Waals surface area contributed by atoms with Crippen LogP contribution in [-0.2, 0) is 9.59 Å². The van der Waals surface area contributed by atoms with Gasteiger partial charge in [-0.25, -0.2) is 9.82 Å². The van der Waals surface area contributed by atoms with E-state index in [9.17, 15) is 14.0 Å². The van der Waals surface area contributed by atoms with Gasteiger partial charge < -0.3 is 4.90 Å². The van der Waals surface area contributed by atoms with Crippen LogP contribution in [0.5, 0.6) is 0 Å². The predicted octanol–water partition coefficient (Wildman–Crippen LogP) is 2.33. The lowest BCUT2D eigenvalue weighted by molar-refractivity contribution is -0.126. The standard InChI is InChI=1S/C18H16FN3O2/c19-15-8-6-13(7-9-15)11-20-21-18(24)14-10-17(23)22(12-14)16-4-2-1-3-5-16/h1-9,11,14H,10,12H2,(H,21,24). The number of halogens is 1. The number of amides is 2. The van der Waals surface area contributed by atoms with Gasteiger partial charge in [0.1, 0.15) is 5.82 Å². The minimum Gasteiger partial charge on any atom is -0.312 e. The van der Waals surface area contributed by atoms with Crippen LogP contribution in [0.2, 0.25) is 0 Å². The summed E-state index contributed by atoms with van der Waals surface area (Å²) >= 11 is 0. The van der Waals surface area contributed by atoms with Gasteiger partial charge in [-0.2, -0.15) is 5.10 Å². The number of nitrogens with one attached hydrogen (secondary N) is 1. The lowest BCUT2D eigenvalue weighted by Gasteiger charge is -2.16. The number of hydrazone groups is 1. The van der Waals surface area contributed by atoms with Crippen molar-refractivity contribution in [2.45, 2.75) is 6.42 Å². The van der Waals surface area contributed by atoms with Gasteiger partial charge in [0.2, 0.25) is 11.8 Å². The van der Waals surface area contributed by atoms with Crippen molar-refractivity contribution in [1.82, 2.24) is 5.43 Å². The fourth-order valence-electron chi connectivity index (χ4n) is 2.55. The quantitative estimate of drug-likeness (QED) is 0.693. The van der Waals surface area contributed by atoms with Crippen LogP contribution in [-0.4, -0.2) is 24.6 Å². The molecular formula is C18H16FN3O2. The molecule has 2 amide bonds. The summed E-state index contributed by atoms with van der Waals surface area (Å²) in [4.78, 5) is 25.8. The average Bonchev–Trinajstić information content (AvgIpc) is 2.99. The number of hydrogen-bond donors (Lipinski definition) is 1. The number of carbonyl (C=O) groups is 2. The molecule has 0 aliphatic carbocycles. The first-order valence-electron chi connectivity index (χ1n) is 7.57. The van der Waals surface area contributed by atoms with Crippen molar-refractivity contribution < 1.29 is 14.0 Å². The molecule has 1 unspecified atom stereocenters. The molecule has 0 bridgehead atoms. The third-order valence-electron chi connectivity index (χ3n) is 3.82. The van der Waals surface area contributed by atoms with Gasteiger partial charge in [-0.3, -0.25) is 9.59 Å². The molecule has 3 rings (SSSR count). The Morgan fingerprint density at radius 2 is 1.88 bits per heavy atom. The van der Waals surface area contributed by atoms with E-state index < -0.39 is 5.92 Å². The van der Waals surface area contributed by atoms with Gasteiger partial charge >= 0.3 is 0 Å². The normalized spacial score (nSPS) is 17.5. The molecule has 0 saturated carbocycles. The van der Waals surface area contributed by atoms with E-state index in [1.165, 1.54) is 18.3 Å². The molecule has 122 valence electrons. The number of anilines is 1. The molecule has 2 aromatic rings. The van der Waals surface area contributed by atoms with Crippen molar-refractivity contribution in [2.75, 3.05) is 11.4 Å². The third kappa shape index (κ3) is 3.65. The summed E-state index contributed by atoms with van der Waals surface area (Å²) in [5, 5.41) is 3.86. The van der Waals surface area contributed by atoms with Crippen molar-refractivity contribution in [2.24, 2.45) is 11.0 Å². The van der Waals surface area contributed by atoms with Gasteiger partial charge in [-0.05, 0) is 29.8 Å². The second kappa shape index (κ2) is 7.04. The fourth-order valence-corrected chi connectivity index (χ4v) is 2.55. The zero-order valence-corrected chi connectivity index (χ0v) is 12.9. The first kappa shape index (κ1) is 15.9. The Morgan fingerprint density at radius 3 is 2.58 bits per heavy atom. The molecule has 1 heterocycles. The fraction of sp³-hybridized carbons (Fsp3) is 0.167. The number of benzene rings is 2. The largest absolute Gasteiger partial charge is 0.312 e. The monoisotopic (exact) mass is 325 g/mol. The minimum absolute atomic E-state index is 0.0798. The Morgan fingerprint density at radius 1 is 1.17 bits per heavy atom. The highest BCUT2D eigenvalue weighted by Crippen LogP contribution is 2.24. The summed E-state index contributed by atoms with van der Waals surface area (Å²) in [7, 11) is 0. The molecule has 24 heavy (non-hydrogen) atoms. The first-order valence-corrected chi connectivity index (χ1v) is 7.57. The first-order chi connectivity index (χ1) is 11.6. The number of hydrogen-bond acceptors (Lipinski definition) is 3. The molecule has 0 spiro atoms. The van der Waals surface area contributed by atoms with Crippen LogP contribution in [0.25, 0.3) is 0 Å². The molecule has 1 saturated heterocycles. The Hall–Kier alpha value is -3.02. The number of carbonyl (C=O) groups excluding carboxylic acids is 2. The van der Waals surface area contributed by atoms with Crippen LogP contribution in [0, 0.1) is 11.7 Å². The van der Waals surface area contributed by atoms with E-state index in [4.69, 9.17) is 0 Å². The van der Waals surface area contributed by atoms with Crippen LogP contribution in [0.15, 0.2) is 59.7 Å². The predicted molar refractivity (Wildman–Crippen MR) is 89.0 cm³/mol. The summed E-state index contributed by atoms with van der Waals surface area (Å²) in [6.07, 6.45) is 1.59. The third-order valence-corrected chi connectivity index (χ3v) is 3.82. The van der Waals surface area contributed by atoms with Gasteiger partial charge in [-0.1, -0.05) is 30.3 Å². The molecule has 0 radical (unpaired) electrons. The zero-order valence-electron chi connectivity index (χ0n) is 12.9. The minimum atomic E-state index is -0.442. The molecule has 5 nitrogen and oxygen atoms in total. The van der Waals surface area contributed by atoms with Crippen LogP contribution in [0.1, 0.15) is 12.0 Å². The molecular weight excluding hydrogens is 309 g/mol. The van der Waals surface area contributed by atoms with Crippen LogP contribution < -0.4 is 10.3 Å². The number of nitrogens with zero attached hydrogens (tertiary/aromatic N) is 2. The smallest absolute Gasteiger partial charge is 0.245 e. The summed E-state index contributed by atoms with van der Waals surface area (Å²) in [5.41, 5.74) is 3.89. The molecule has 1 aliphatic rings. The lowest BCUT2D eigenvalue weighted by Crippen LogP contribution is -2.30. The number of rotatable bonds is 4. The van der Waals surface area contributed by atoms with E-state index >= 15 is 0 Å². The maximum Gasteiger partial charge on any atom is 0.245 e. The maximum absolute atomic E-state index is 12.8. The second-order valence-corrected chi connectivity index (χ2v) is 5.53. The second-order valence-electron chi connectivity index (χ2n) is 5.53. The van der Waals surface area contributed by atoms with E-state index in [0.717, 1.165) is 5.69 Å². The van der Waals surface area contributed by atoms with E-state index in [1.54, 1.807) is 17.0 Å². The Bertz CT molecular complexity index is 760. The molecule has 1 fully saturated rings. The SMILES string of the molecule is O=C(NN=Cc1ccc(F)cc1)C1CC(=O)N(c2ccccc2)C1. The highest BCUT2D eigenvalue weighted by atomic mass is 19.1. The molecule has 2 aromatic carbocycles. The van der Waals surface area contributed by atoms with Crippen LogP contribution in [0.4, 0.5) is 10.1 Å². The lowest BCUT2D eigenvalue weighted by atomic mass is 10.1. The topological polar surface area (TPSA) is 61.8 Å². The Kier molecular flexibility index (Phi) is 4.65. The van der Waals surface area contributed by atoms with Gasteiger partial charge in [0.25, 0.3) is 0 Å². The van der Waals surface area contributed by atoms with Crippen LogP contribution in [0.3, 0.4) is 0 Å². The van der Waals surface area contributed by atoms with Gasteiger partial charge in [0.15, 0.2) is 0 Å². The van der Waals surface area contributed by atoms with E-state index in [2.05, 4.69) is 10.5 Å². The van der Waals surface area contributed by atoms with Gasteiger partial charge in [-0.15, -0.1) is 0 Å². The maximum atomic E-state index is 12.8. The van der Waals surface area contributed by atoms with Crippen molar-refractivity contribution in [3.63, 3.8) is 0 Å². The summed E-state index contributed by atoms with van der Waals surface area (Å²) < 4.78 is 12.8. The summed E-state index contributed by atoms with van der Waals surface area (Å²) in [6.45, 7) is 0.334. The summed E-state index contributed by atoms with van der Waals surface area (Å²) in [6, 6.07) is 15.0. The van der Waals surface area contributed by atoms with E-state index in [1.807, 2.05) is 30.3 Å². The highest BCUT2D eigenvalue weighted by molar-refractivity contribution is 6.00. The Balaban J connectivity index is 1.58. The highest BCUT2D eigenvalue weighted by Gasteiger charge is 2.34.